The predicted molar refractivity (Wildman–Crippen MR) is 235 cm³/mol. The summed E-state index contributed by atoms with van der Waals surface area (Å²) in [6.45, 7) is 12.8. The van der Waals surface area contributed by atoms with Crippen LogP contribution in [0.15, 0.2) is 78.9 Å². The molecule has 3 aliphatic rings. The highest BCUT2D eigenvalue weighted by Crippen LogP contribution is 2.35. The van der Waals surface area contributed by atoms with Crippen molar-refractivity contribution in [1.82, 2.24) is 0 Å². The Labute approximate surface area is 375 Å². The summed E-state index contributed by atoms with van der Waals surface area (Å²) in [7, 11) is -5.42. The normalized spacial score (nSPS) is 28.8. The van der Waals surface area contributed by atoms with Gasteiger partial charge in [-0.3, -0.25) is 14.3 Å². The van der Waals surface area contributed by atoms with Crippen LogP contribution in [-0.4, -0.2) is 119 Å². The molecule has 64 heavy (non-hydrogen) atoms. The van der Waals surface area contributed by atoms with Crippen LogP contribution in [0.3, 0.4) is 0 Å². The van der Waals surface area contributed by atoms with Crippen molar-refractivity contribution in [1.29, 1.82) is 0 Å². The van der Waals surface area contributed by atoms with Crippen molar-refractivity contribution in [3.63, 3.8) is 0 Å². The summed E-state index contributed by atoms with van der Waals surface area (Å²) in [4.78, 5) is 24.0. The first-order chi connectivity index (χ1) is 30.4. The van der Waals surface area contributed by atoms with Gasteiger partial charge in [-0.1, -0.05) is 50.0 Å². The standard InChI is InChI=1S/C45H61NO16SSi/c1-29-37(47)20-21-40(55-29)59-39-27-42(57-31(3)44(39)62-63(51,52)24-22-32-12-14-34(15-13-32)46(49)50)60-38-26-41(56-30(2)43(38)61-45(48)33-10-8-7-9-11-33)58-36-18-16-35(17-19-36)54-28-53-23-25-64(4,5)6/h7-19,29-31,37-44,47H,20-28H2,1-6H3/t29-,30+,31+,37-,38+,39+,40-,41-,42-,43+,44+/m0/s1. The molecule has 0 unspecified atom stereocenters. The van der Waals surface area contributed by atoms with Crippen LogP contribution in [0.5, 0.6) is 11.5 Å². The quantitative estimate of drug-likeness (QED) is 0.0236. The van der Waals surface area contributed by atoms with E-state index in [1.807, 2.05) is 0 Å². The van der Waals surface area contributed by atoms with Gasteiger partial charge in [-0.25, -0.2) is 4.79 Å². The zero-order valence-electron chi connectivity index (χ0n) is 37.1. The van der Waals surface area contributed by atoms with Crippen molar-refractivity contribution >= 4 is 29.8 Å². The minimum absolute atomic E-state index is 0.0103. The molecule has 3 aromatic carbocycles. The lowest BCUT2D eigenvalue weighted by atomic mass is 9.99. The number of aliphatic hydroxyl groups is 1. The second kappa shape index (κ2) is 22.4. The number of rotatable bonds is 20. The summed E-state index contributed by atoms with van der Waals surface area (Å²) in [6.07, 6.45) is -8.38. The number of carbonyl (C=O) groups excluding carboxylic acids is 1. The van der Waals surface area contributed by atoms with Crippen molar-refractivity contribution < 1.29 is 70.1 Å². The summed E-state index contributed by atoms with van der Waals surface area (Å²) in [5.74, 6) is 0.117. The van der Waals surface area contributed by atoms with E-state index in [1.165, 1.54) is 24.3 Å². The van der Waals surface area contributed by atoms with Crippen LogP contribution < -0.4 is 9.47 Å². The molecule has 0 bridgehead atoms. The van der Waals surface area contributed by atoms with Crippen LogP contribution in [0.1, 0.15) is 62.4 Å². The van der Waals surface area contributed by atoms with Gasteiger partial charge >= 0.3 is 5.97 Å². The van der Waals surface area contributed by atoms with Gasteiger partial charge in [-0.2, -0.15) is 8.42 Å². The molecule has 1 N–H and O–H groups in total. The van der Waals surface area contributed by atoms with Crippen LogP contribution in [0.2, 0.25) is 25.7 Å². The molecule has 0 spiro atoms. The van der Waals surface area contributed by atoms with E-state index in [9.17, 15) is 28.4 Å². The Hall–Kier alpha value is -4.02. The third-order valence-electron chi connectivity index (χ3n) is 11.2. The van der Waals surface area contributed by atoms with E-state index < -0.39 is 103 Å². The summed E-state index contributed by atoms with van der Waals surface area (Å²) in [5.41, 5.74) is 0.808. The summed E-state index contributed by atoms with van der Waals surface area (Å²) in [5, 5.41) is 21.4. The van der Waals surface area contributed by atoms with Gasteiger partial charge < -0.3 is 47.7 Å². The molecular weight excluding hydrogens is 871 g/mol. The number of carbonyl (C=O) groups is 1. The van der Waals surface area contributed by atoms with Gasteiger partial charge in [0.2, 0.25) is 6.29 Å². The maximum atomic E-state index is 13.5. The maximum Gasteiger partial charge on any atom is 0.338 e. The zero-order valence-corrected chi connectivity index (χ0v) is 39.0. The van der Waals surface area contributed by atoms with E-state index in [0.717, 1.165) is 6.04 Å². The van der Waals surface area contributed by atoms with Crippen LogP contribution in [0.25, 0.3) is 0 Å². The van der Waals surface area contributed by atoms with Crippen molar-refractivity contribution in [3.05, 3.63) is 100 Å². The van der Waals surface area contributed by atoms with Crippen LogP contribution in [-0.2, 0) is 53.9 Å². The fourth-order valence-electron chi connectivity index (χ4n) is 7.49. The number of hydrogen-bond donors (Lipinski definition) is 1. The molecule has 0 amide bonds. The molecule has 0 aromatic heterocycles. The smallest absolute Gasteiger partial charge is 0.338 e. The van der Waals surface area contributed by atoms with Gasteiger partial charge in [0.05, 0.1) is 46.8 Å². The van der Waals surface area contributed by atoms with Gasteiger partial charge in [0.1, 0.15) is 23.7 Å². The molecule has 6 rings (SSSR count). The number of hydrogen-bond acceptors (Lipinski definition) is 16. The van der Waals surface area contributed by atoms with Gasteiger partial charge in [-0.05, 0) is 81.6 Å². The fourth-order valence-corrected chi connectivity index (χ4v) is 9.45. The Morgan fingerprint density at radius 2 is 1.41 bits per heavy atom. The van der Waals surface area contributed by atoms with E-state index >= 15 is 0 Å². The number of ether oxygens (including phenoxy) is 9. The van der Waals surface area contributed by atoms with Gasteiger partial charge in [0, 0.05) is 46.1 Å². The predicted octanol–water partition coefficient (Wildman–Crippen LogP) is 6.77. The molecule has 3 aliphatic heterocycles. The molecule has 3 heterocycles. The first-order valence-corrected chi connectivity index (χ1v) is 27.0. The molecular formula is C45H61NO16SSi. The van der Waals surface area contributed by atoms with Crippen molar-refractivity contribution in [2.45, 2.75) is 146 Å². The molecule has 0 saturated carbocycles. The lowest BCUT2D eigenvalue weighted by Gasteiger charge is -2.45. The second-order valence-corrected chi connectivity index (χ2v) is 24.9. The van der Waals surface area contributed by atoms with Crippen LogP contribution in [0, 0.1) is 10.1 Å². The zero-order chi connectivity index (χ0) is 46.0. The number of nitro benzene ring substituents is 1. The average Bonchev–Trinajstić information content (AvgIpc) is 3.24. The molecule has 11 atom stereocenters. The van der Waals surface area contributed by atoms with Gasteiger partial charge in [0.25, 0.3) is 15.8 Å². The Kier molecular flexibility index (Phi) is 17.3. The number of aryl methyl sites for hydroxylation is 1. The topological polar surface area (TPSA) is 207 Å². The first-order valence-electron chi connectivity index (χ1n) is 21.7. The molecule has 3 aromatic rings. The number of benzene rings is 3. The molecule has 0 radical (unpaired) electrons. The number of esters is 1. The van der Waals surface area contributed by atoms with E-state index in [4.69, 9.17) is 46.8 Å². The number of nitrogens with zero attached hydrogens (tertiary/aromatic N) is 1. The van der Waals surface area contributed by atoms with Crippen molar-refractivity contribution in [3.8, 4) is 11.5 Å². The van der Waals surface area contributed by atoms with E-state index in [1.54, 1.807) is 75.4 Å². The third-order valence-corrected chi connectivity index (χ3v) is 14.1. The highest BCUT2D eigenvalue weighted by atomic mass is 32.2. The number of non-ortho nitro benzene ring substituents is 1. The van der Waals surface area contributed by atoms with Crippen molar-refractivity contribution in [2.24, 2.45) is 0 Å². The molecule has 3 saturated heterocycles. The summed E-state index contributed by atoms with van der Waals surface area (Å²) < 4.78 is 88.2. The van der Waals surface area contributed by atoms with E-state index in [0.29, 0.717) is 42.1 Å². The molecule has 17 nitrogen and oxygen atoms in total. The molecule has 0 aliphatic carbocycles. The van der Waals surface area contributed by atoms with Gasteiger partial charge in [0.15, 0.2) is 25.5 Å². The number of nitro groups is 1. The van der Waals surface area contributed by atoms with E-state index in [2.05, 4.69) is 19.6 Å². The highest BCUT2D eigenvalue weighted by molar-refractivity contribution is 7.86. The van der Waals surface area contributed by atoms with E-state index in [-0.39, 0.29) is 31.7 Å². The Morgan fingerprint density at radius 3 is 2.08 bits per heavy atom. The second-order valence-electron chi connectivity index (χ2n) is 17.6. The molecule has 352 valence electrons. The minimum atomic E-state index is -4.20. The monoisotopic (exact) mass is 931 g/mol. The largest absolute Gasteiger partial charge is 0.468 e. The highest BCUT2D eigenvalue weighted by Gasteiger charge is 2.47. The fraction of sp³-hybridized carbons (Fsp3) is 0.578. The van der Waals surface area contributed by atoms with Gasteiger partial charge in [-0.15, -0.1) is 0 Å². The lowest BCUT2D eigenvalue weighted by Crippen LogP contribution is -2.56. The first kappa shape index (κ1) is 49.4. The average molecular weight is 932 g/mol. The van der Waals surface area contributed by atoms with Crippen LogP contribution >= 0.6 is 0 Å². The Bertz CT molecular complexity index is 2060. The maximum absolute atomic E-state index is 13.5. The summed E-state index contributed by atoms with van der Waals surface area (Å²) >= 11 is 0. The summed E-state index contributed by atoms with van der Waals surface area (Å²) in [6, 6.07) is 22.3. The Balaban J connectivity index is 1.16. The molecule has 3 fully saturated rings. The minimum Gasteiger partial charge on any atom is -0.468 e. The SMILES string of the molecule is C[C@@H]1O[C@@H](O[C@@H]2C[C@H](O[C@@H]3C[C@H](Oc4ccc(OCOCC[Si](C)(C)C)cc4)O[C@H](C)[C@H]3OC(=O)c3ccccc3)O[C@H](C)[C@H]2OS(=O)(=O)CCc2ccc([N+](=O)[O-])cc2)CC[C@@H]1O. The number of aliphatic hydroxyl groups excluding tert-OH is 1. The third kappa shape index (κ3) is 14.7. The van der Waals surface area contributed by atoms with Crippen LogP contribution in [0.4, 0.5) is 5.69 Å². The van der Waals surface area contributed by atoms with Crippen molar-refractivity contribution in [2.75, 3.05) is 19.2 Å². The molecule has 19 heteroatoms. The Morgan fingerprint density at radius 1 is 0.797 bits per heavy atom. The lowest BCUT2D eigenvalue weighted by molar-refractivity contribution is -0.384.